The predicted molar refractivity (Wildman–Crippen MR) is 89.9 cm³/mol. The summed E-state index contributed by atoms with van der Waals surface area (Å²) in [6.45, 7) is 8.21. The Balaban J connectivity index is 2.06. The van der Waals surface area contributed by atoms with E-state index in [0.29, 0.717) is 6.04 Å². The Morgan fingerprint density at radius 1 is 1.29 bits per heavy atom. The minimum absolute atomic E-state index is 0.345. The number of thiazole rings is 1. The molecule has 2 rings (SSSR count). The predicted octanol–water partition coefficient (Wildman–Crippen LogP) is 3.54. The lowest BCUT2D eigenvalue weighted by Gasteiger charge is -2.20. The first kappa shape index (κ1) is 15.9. The van der Waals surface area contributed by atoms with E-state index in [4.69, 9.17) is 0 Å². The van der Waals surface area contributed by atoms with Crippen LogP contribution in [-0.4, -0.2) is 23.6 Å². The zero-order chi connectivity index (χ0) is 15.2. The molecule has 0 spiro atoms. The molecule has 1 unspecified atom stereocenters. The second-order valence-corrected chi connectivity index (χ2v) is 6.12. The smallest absolute Gasteiger partial charge is 0.0798 e. The average molecular weight is 304 g/mol. The summed E-state index contributed by atoms with van der Waals surface area (Å²) in [6, 6.07) is 4.62. The highest BCUT2D eigenvalue weighted by atomic mass is 32.1. The zero-order valence-corrected chi connectivity index (χ0v) is 14.1. The Bertz CT molecular complexity index is 550. The molecule has 0 radical (unpaired) electrons. The largest absolute Gasteiger partial charge is 0.368 e. The van der Waals surface area contributed by atoms with Crippen molar-refractivity contribution in [3.63, 3.8) is 0 Å². The molecule has 0 saturated carbocycles. The first-order valence-corrected chi connectivity index (χ1v) is 8.33. The molecule has 0 fully saturated rings. The van der Waals surface area contributed by atoms with Crippen LogP contribution >= 0.6 is 11.3 Å². The topological polar surface area (TPSA) is 41.0 Å². The molecule has 2 aromatic heterocycles. The van der Waals surface area contributed by atoms with Gasteiger partial charge in [0.05, 0.1) is 35.3 Å². The first-order valence-electron chi connectivity index (χ1n) is 7.45. The highest BCUT2D eigenvalue weighted by Gasteiger charge is 2.11. The Morgan fingerprint density at radius 3 is 2.62 bits per heavy atom. The maximum absolute atomic E-state index is 4.62. The Morgan fingerprint density at radius 2 is 2.10 bits per heavy atom. The molecule has 0 aliphatic carbocycles. The van der Waals surface area contributed by atoms with Gasteiger partial charge in [-0.05, 0) is 32.0 Å². The van der Waals surface area contributed by atoms with Gasteiger partial charge in [0.1, 0.15) is 0 Å². The third kappa shape index (κ3) is 4.02. The fourth-order valence-corrected chi connectivity index (χ4v) is 3.15. The fraction of sp³-hybridized carbons (Fsp3) is 0.500. The number of nitrogens with one attached hydrogen (secondary N) is 1. The van der Waals surface area contributed by atoms with Crippen molar-refractivity contribution in [2.45, 2.75) is 39.8 Å². The van der Waals surface area contributed by atoms with Crippen molar-refractivity contribution in [1.82, 2.24) is 15.3 Å². The molecule has 1 N–H and O–H groups in total. The maximum Gasteiger partial charge on any atom is 0.0798 e. The highest BCUT2D eigenvalue weighted by Crippen LogP contribution is 2.21. The van der Waals surface area contributed by atoms with E-state index in [1.807, 2.05) is 11.7 Å². The van der Waals surface area contributed by atoms with Crippen LogP contribution in [0.4, 0.5) is 5.69 Å². The number of nitrogens with zero attached hydrogens (tertiary/aromatic N) is 3. The van der Waals surface area contributed by atoms with Crippen molar-refractivity contribution in [3.8, 4) is 0 Å². The van der Waals surface area contributed by atoms with Gasteiger partial charge in [-0.3, -0.25) is 4.98 Å². The SMILES string of the molecule is CCNC(CC)c1ccc(N(C)Cc2scnc2C)cn1. The van der Waals surface area contributed by atoms with Crippen LogP contribution in [-0.2, 0) is 6.54 Å². The van der Waals surface area contributed by atoms with Gasteiger partial charge in [-0.2, -0.15) is 0 Å². The van der Waals surface area contributed by atoms with Crippen LogP contribution in [0.15, 0.2) is 23.8 Å². The summed E-state index contributed by atoms with van der Waals surface area (Å²) in [6.07, 6.45) is 3.02. The molecule has 0 amide bonds. The van der Waals surface area contributed by atoms with Gasteiger partial charge in [0.2, 0.25) is 0 Å². The summed E-state index contributed by atoms with van der Waals surface area (Å²) in [5.41, 5.74) is 5.28. The average Bonchev–Trinajstić information content (AvgIpc) is 2.90. The lowest BCUT2D eigenvalue weighted by molar-refractivity contribution is 0.525. The van der Waals surface area contributed by atoms with Crippen LogP contribution in [0, 0.1) is 6.92 Å². The van der Waals surface area contributed by atoms with E-state index < -0.39 is 0 Å². The molecule has 0 bridgehead atoms. The van der Waals surface area contributed by atoms with E-state index in [0.717, 1.165) is 36.6 Å². The molecule has 0 saturated heterocycles. The van der Waals surface area contributed by atoms with Crippen LogP contribution in [0.2, 0.25) is 0 Å². The van der Waals surface area contributed by atoms with Crippen molar-refractivity contribution in [3.05, 3.63) is 40.1 Å². The highest BCUT2D eigenvalue weighted by molar-refractivity contribution is 7.09. The third-order valence-corrected chi connectivity index (χ3v) is 4.57. The van der Waals surface area contributed by atoms with Crippen LogP contribution < -0.4 is 10.2 Å². The van der Waals surface area contributed by atoms with Crippen molar-refractivity contribution in [2.75, 3.05) is 18.5 Å². The molecular weight excluding hydrogens is 280 g/mol. The van der Waals surface area contributed by atoms with Gasteiger partial charge in [0.25, 0.3) is 0 Å². The van der Waals surface area contributed by atoms with E-state index in [2.05, 4.69) is 60.1 Å². The maximum atomic E-state index is 4.62. The Kier molecular flexibility index (Phi) is 5.70. The lowest BCUT2D eigenvalue weighted by Crippen LogP contribution is -2.21. The van der Waals surface area contributed by atoms with Gasteiger partial charge in [0, 0.05) is 18.0 Å². The van der Waals surface area contributed by atoms with E-state index in [1.54, 1.807) is 11.3 Å². The second kappa shape index (κ2) is 7.52. The van der Waals surface area contributed by atoms with Crippen LogP contribution in [0.5, 0.6) is 0 Å². The summed E-state index contributed by atoms with van der Waals surface area (Å²) in [5, 5.41) is 3.46. The number of anilines is 1. The fourth-order valence-electron chi connectivity index (χ4n) is 2.32. The summed E-state index contributed by atoms with van der Waals surface area (Å²) in [5.74, 6) is 0. The number of aryl methyl sites for hydroxylation is 1. The van der Waals surface area contributed by atoms with Gasteiger partial charge < -0.3 is 10.2 Å². The molecule has 2 heterocycles. The summed E-state index contributed by atoms with van der Waals surface area (Å²) >= 11 is 1.71. The second-order valence-electron chi connectivity index (χ2n) is 5.18. The van der Waals surface area contributed by atoms with Crippen molar-refractivity contribution >= 4 is 17.0 Å². The first-order chi connectivity index (χ1) is 10.2. The molecule has 2 aromatic rings. The molecular formula is C16H24N4S. The van der Waals surface area contributed by atoms with Gasteiger partial charge in [-0.25, -0.2) is 4.98 Å². The van der Waals surface area contributed by atoms with E-state index in [9.17, 15) is 0 Å². The Labute approximate surface area is 131 Å². The van der Waals surface area contributed by atoms with E-state index in [-0.39, 0.29) is 0 Å². The number of pyridine rings is 1. The van der Waals surface area contributed by atoms with Gasteiger partial charge in [0.15, 0.2) is 0 Å². The van der Waals surface area contributed by atoms with Crippen LogP contribution in [0.1, 0.15) is 42.6 Å². The Hall–Kier alpha value is -1.46. The van der Waals surface area contributed by atoms with Crippen molar-refractivity contribution < 1.29 is 0 Å². The molecule has 21 heavy (non-hydrogen) atoms. The van der Waals surface area contributed by atoms with Crippen LogP contribution in [0.3, 0.4) is 0 Å². The minimum Gasteiger partial charge on any atom is -0.368 e. The van der Waals surface area contributed by atoms with E-state index in [1.165, 1.54) is 4.88 Å². The number of aromatic nitrogens is 2. The van der Waals surface area contributed by atoms with Gasteiger partial charge in [-0.15, -0.1) is 11.3 Å². The zero-order valence-electron chi connectivity index (χ0n) is 13.3. The molecule has 1 atom stereocenters. The number of hydrogen-bond donors (Lipinski definition) is 1. The molecule has 0 aliphatic rings. The van der Waals surface area contributed by atoms with Crippen molar-refractivity contribution in [2.24, 2.45) is 0 Å². The quantitative estimate of drug-likeness (QED) is 0.849. The van der Waals surface area contributed by atoms with Gasteiger partial charge in [-0.1, -0.05) is 13.8 Å². The summed E-state index contributed by atoms with van der Waals surface area (Å²) in [4.78, 5) is 12.4. The third-order valence-electron chi connectivity index (χ3n) is 3.65. The number of rotatable bonds is 7. The van der Waals surface area contributed by atoms with Crippen LogP contribution in [0.25, 0.3) is 0 Å². The monoisotopic (exact) mass is 304 g/mol. The molecule has 4 nitrogen and oxygen atoms in total. The summed E-state index contributed by atoms with van der Waals surface area (Å²) < 4.78 is 0. The number of hydrogen-bond acceptors (Lipinski definition) is 5. The van der Waals surface area contributed by atoms with Crippen molar-refractivity contribution in [1.29, 1.82) is 0 Å². The minimum atomic E-state index is 0.345. The molecule has 5 heteroatoms. The standard InChI is InChI=1S/C16H24N4S/c1-5-14(17-6-2)15-8-7-13(9-18-15)20(4)10-16-12(3)19-11-21-16/h7-9,11,14,17H,5-6,10H2,1-4H3. The summed E-state index contributed by atoms with van der Waals surface area (Å²) in [7, 11) is 2.09. The van der Waals surface area contributed by atoms with E-state index >= 15 is 0 Å². The van der Waals surface area contributed by atoms with Gasteiger partial charge >= 0.3 is 0 Å². The lowest BCUT2D eigenvalue weighted by atomic mass is 10.1. The molecule has 0 aliphatic heterocycles. The normalized spacial score (nSPS) is 12.4. The molecule has 0 aromatic carbocycles. The molecule has 114 valence electrons.